The first-order valence-corrected chi connectivity index (χ1v) is 9.69. The molecule has 0 spiro atoms. The van der Waals surface area contributed by atoms with E-state index in [0.717, 1.165) is 0 Å². The predicted octanol–water partition coefficient (Wildman–Crippen LogP) is 4.83. The van der Waals surface area contributed by atoms with Crippen molar-refractivity contribution in [3.05, 3.63) is 59.1 Å². The first kappa shape index (κ1) is 17.8. The lowest BCUT2D eigenvalue weighted by molar-refractivity contribution is 0.107. The fourth-order valence-corrected chi connectivity index (χ4v) is 5.75. The number of carbonyl (C=O) groups excluding carboxylic acids is 1. The molecule has 2 rings (SSSR count). The molecular weight excluding hydrogens is 331 g/mol. The van der Waals surface area contributed by atoms with Crippen LogP contribution in [0.2, 0.25) is 5.02 Å². The molecule has 0 fully saturated rings. The van der Waals surface area contributed by atoms with Crippen LogP contribution in [0.5, 0.6) is 5.75 Å². The van der Waals surface area contributed by atoms with Gasteiger partial charge in [0.15, 0.2) is 7.14 Å². The van der Waals surface area contributed by atoms with Crippen molar-refractivity contribution >= 4 is 29.6 Å². The lowest BCUT2D eigenvalue weighted by atomic mass is 10.2. The summed E-state index contributed by atoms with van der Waals surface area (Å²) in [6.07, 6.45) is 0.296. The Bertz CT molecular complexity index is 741. The lowest BCUT2D eigenvalue weighted by Crippen LogP contribution is -2.19. The number of ether oxygens (including phenoxy) is 1. The van der Waals surface area contributed by atoms with E-state index in [4.69, 9.17) is 16.3 Å². The third-order valence-electron chi connectivity index (χ3n) is 3.53. The Balaban J connectivity index is 2.62. The summed E-state index contributed by atoms with van der Waals surface area (Å²) in [4.78, 5) is 13.2. The van der Waals surface area contributed by atoms with Gasteiger partial charge in [0, 0.05) is 11.5 Å². The Labute approximate surface area is 142 Å². The Morgan fingerprint density at radius 1 is 1.13 bits per heavy atom. The van der Waals surface area contributed by atoms with Crippen molar-refractivity contribution in [2.24, 2.45) is 5.92 Å². The smallest absolute Gasteiger partial charge is 0.230 e. The van der Waals surface area contributed by atoms with E-state index in [1.807, 2.05) is 19.9 Å². The molecule has 0 N–H and O–H groups in total. The standard InChI is InChI=1S/C18H20ClO3P/c1-13(2)12-23(21,14-8-5-4-6-9-14)18(20)17-15(19)10-7-11-16(17)22-3/h4-11,13H,12H2,1-3H3. The molecule has 0 saturated heterocycles. The summed E-state index contributed by atoms with van der Waals surface area (Å²) in [6, 6.07) is 13.9. The van der Waals surface area contributed by atoms with E-state index in [2.05, 4.69) is 0 Å². The summed E-state index contributed by atoms with van der Waals surface area (Å²) in [6.45, 7) is 3.90. The molecule has 1 atom stereocenters. The van der Waals surface area contributed by atoms with Crippen LogP contribution < -0.4 is 10.0 Å². The van der Waals surface area contributed by atoms with Gasteiger partial charge in [-0.05, 0) is 18.1 Å². The van der Waals surface area contributed by atoms with Crippen molar-refractivity contribution in [1.29, 1.82) is 0 Å². The van der Waals surface area contributed by atoms with Crippen LogP contribution >= 0.6 is 18.7 Å². The van der Waals surface area contributed by atoms with Crippen LogP contribution in [0.1, 0.15) is 24.2 Å². The largest absolute Gasteiger partial charge is 0.496 e. The molecule has 0 radical (unpaired) electrons. The van der Waals surface area contributed by atoms with Gasteiger partial charge < -0.3 is 9.30 Å². The molecule has 0 aliphatic carbocycles. The number of hydrogen-bond acceptors (Lipinski definition) is 3. The fraction of sp³-hybridized carbons (Fsp3) is 0.278. The van der Waals surface area contributed by atoms with E-state index in [1.54, 1.807) is 42.5 Å². The summed E-state index contributed by atoms with van der Waals surface area (Å²) in [5.74, 6) is 0.459. The zero-order chi connectivity index (χ0) is 17.0. The maximum atomic E-state index is 13.7. The molecule has 0 aliphatic heterocycles. The van der Waals surface area contributed by atoms with Gasteiger partial charge in [0.1, 0.15) is 5.75 Å². The van der Waals surface area contributed by atoms with Crippen molar-refractivity contribution in [1.82, 2.24) is 0 Å². The van der Waals surface area contributed by atoms with Gasteiger partial charge in [-0.2, -0.15) is 0 Å². The number of rotatable bonds is 6. The van der Waals surface area contributed by atoms with Crippen LogP contribution in [0.15, 0.2) is 48.5 Å². The minimum absolute atomic E-state index is 0.110. The van der Waals surface area contributed by atoms with Crippen LogP contribution in [0.3, 0.4) is 0 Å². The van der Waals surface area contributed by atoms with Gasteiger partial charge in [-0.25, -0.2) is 0 Å². The van der Waals surface area contributed by atoms with Crippen molar-refractivity contribution in [3.8, 4) is 5.75 Å². The maximum Gasteiger partial charge on any atom is 0.230 e. The van der Waals surface area contributed by atoms with Gasteiger partial charge in [-0.1, -0.05) is 61.8 Å². The molecule has 0 aromatic heterocycles. The van der Waals surface area contributed by atoms with Gasteiger partial charge in [-0.15, -0.1) is 0 Å². The number of benzene rings is 2. The highest BCUT2D eigenvalue weighted by atomic mass is 35.5. The molecule has 0 saturated carbocycles. The fourth-order valence-electron chi connectivity index (χ4n) is 2.55. The molecular formula is C18H20ClO3P. The molecule has 2 aromatic carbocycles. The quantitative estimate of drug-likeness (QED) is 0.700. The van der Waals surface area contributed by atoms with E-state index in [-0.39, 0.29) is 16.5 Å². The van der Waals surface area contributed by atoms with Crippen LogP contribution in [0.25, 0.3) is 0 Å². The van der Waals surface area contributed by atoms with Gasteiger partial charge in [0.2, 0.25) is 5.52 Å². The maximum absolute atomic E-state index is 13.7. The SMILES string of the molecule is COc1cccc(Cl)c1C(=O)P(=O)(CC(C)C)c1ccccc1. The topological polar surface area (TPSA) is 43.4 Å². The highest BCUT2D eigenvalue weighted by Gasteiger charge is 2.37. The molecule has 23 heavy (non-hydrogen) atoms. The number of methoxy groups -OCH3 is 1. The van der Waals surface area contributed by atoms with Crippen molar-refractivity contribution in [2.75, 3.05) is 13.3 Å². The van der Waals surface area contributed by atoms with E-state index in [9.17, 15) is 9.36 Å². The monoisotopic (exact) mass is 350 g/mol. The highest BCUT2D eigenvalue weighted by Crippen LogP contribution is 2.51. The van der Waals surface area contributed by atoms with Crippen LogP contribution in [-0.4, -0.2) is 18.8 Å². The second-order valence-corrected chi connectivity index (χ2v) is 8.95. The van der Waals surface area contributed by atoms with E-state index < -0.39 is 12.7 Å². The lowest BCUT2D eigenvalue weighted by Gasteiger charge is -2.21. The van der Waals surface area contributed by atoms with Crippen LogP contribution in [0, 0.1) is 5.92 Å². The Hall–Kier alpha value is -1.57. The van der Waals surface area contributed by atoms with Crippen molar-refractivity contribution in [3.63, 3.8) is 0 Å². The molecule has 0 bridgehead atoms. The number of carbonyl (C=O) groups is 1. The molecule has 0 heterocycles. The van der Waals surface area contributed by atoms with Gasteiger partial charge >= 0.3 is 0 Å². The molecule has 2 aromatic rings. The average molecular weight is 351 g/mol. The number of hydrogen-bond donors (Lipinski definition) is 0. The summed E-state index contributed by atoms with van der Waals surface area (Å²) in [7, 11) is -1.84. The summed E-state index contributed by atoms with van der Waals surface area (Å²) < 4.78 is 18.9. The van der Waals surface area contributed by atoms with E-state index in [1.165, 1.54) is 7.11 Å². The summed E-state index contributed by atoms with van der Waals surface area (Å²) in [5.41, 5.74) is -0.246. The molecule has 122 valence electrons. The Morgan fingerprint density at radius 3 is 2.35 bits per heavy atom. The highest BCUT2D eigenvalue weighted by molar-refractivity contribution is 7.87. The molecule has 3 nitrogen and oxygen atoms in total. The third kappa shape index (κ3) is 3.68. The van der Waals surface area contributed by atoms with Crippen molar-refractivity contribution < 1.29 is 14.1 Å². The second kappa shape index (κ2) is 7.33. The zero-order valence-corrected chi connectivity index (χ0v) is 15.1. The summed E-state index contributed by atoms with van der Waals surface area (Å²) >= 11 is 6.21. The van der Waals surface area contributed by atoms with Gasteiger partial charge in [-0.3, -0.25) is 4.79 Å². The van der Waals surface area contributed by atoms with E-state index in [0.29, 0.717) is 17.2 Å². The Kier molecular flexibility index (Phi) is 5.67. The molecule has 5 heteroatoms. The van der Waals surface area contributed by atoms with E-state index >= 15 is 0 Å². The molecule has 0 amide bonds. The van der Waals surface area contributed by atoms with Gasteiger partial charge in [0.05, 0.1) is 17.7 Å². The summed E-state index contributed by atoms with van der Waals surface area (Å²) in [5, 5.41) is 0.815. The molecule has 1 unspecified atom stereocenters. The van der Waals surface area contributed by atoms with Crippen LogP contribution in [-0.2, 0) is 4.57 Å². The first-order valence-electron chi connectivity index (χ1n) is 7.42. The predicted molar refractivity (Wildman–Crippen MR) is 95.7 cm³/mol. The van der Waals surface area contributed by atoms with Crippen molar-refractivity contribution in [2.45, 2.75) is 13.8 Å². The minimum atomic E-state index is -3.31. The molecule has 0 aliphatic rings. The Morgan fingerprint density at radius 2 is 1.78 bits per heavy atom. The normalized spacial score (nSPS) is 13.6. The van der Waals surface area contributed by atoms with Gasteiger partial charge in [0.25, 0.3) is 0 Å². The average Bonchev–Trinajstić information content (AvgIpc) is 2.54. The third-order valence-corrected chi connectivity index (χ3v) is 7.10. The second-order valence-electron chi connectivity index (χ2n) is 5.77. The number of halogens is 1. The minimum Gasteiger partial charge on any atom is -0.496 e. The first-order chi connectivity index (χ1) is 10.9. The van der Waals surface area contributed by atoms with Crippen LogP contribution in [0.4, 0.5) is 0 Å². The zero-order valence-electron chi connectivity index (χ0n) is 13.5.